The Kier molecular flexibility index (Phi) is 9.95. The number of amides is 1. The lowest BCUT2D eigenvalue weighted by atomic mass is 9.79. The highest BCUT2D eigenvalue weighted by Gasteiger charge is 2.47. The minimum atomic E-state index is -4.38. The molecule has 1 atom stereocenters. The average molecular weight is 625 g/mol. The lowest BCUT2D eigenvalue weighted by molar-refractivity contribution is -0.137. The average Bonchev–Trinajstić information content (AvgIpc) is 3.68. The van der Waals surface area contributed by atoms with E-state index in [-0.39, 0.29) is 16.9 Å². The molecule has 1 saturated carbocycles. The third-order valence-corrected chi connectivity index (χ3v) is 9.30. The van der Waals surface area contributed by atoms with Gasteiger partial charge in [0.1, 0.15) is 11.9 Å². The number of rotatable bonds is 6. The van der Waals surface area contributed by atoms with Gasteiger partial charge in [0, 0.05) is 60.8 Å². The Morgan fingerprint density at radius 2 is 1.76 bits per heavy atom. The molecule has 12 heteroatoms. The molecule has 1 amide bonds. The lowest BCUT2D eigenvalue weighted by Crippen LogP contribution is -2.43. The summed E-state index contributed by atoms with van der Waals surface area (Å²) in [7, 11) is 1.83. The molecule has 4 heterocycles. The van der Waals surface area contributed by atoms with Gasteiger partial charge in [0.15, 0.2) is 5.82 Å². The Morgan fingerprint density at radius 1 is 1.02 bits per heavy atom. The van der Waals surface area contributed by atoms with Crippen molar-refractivity contribution in [3.8, 4) is 11.4 Å². The molecule has 1 aromatic carbocycles. The maximum absolute atomic E-state index is 12.3. The highest BCUT2D eigenvalue weighted by Crippen LogP contribution is 2.44. The SMILES string of the molecule is CNCC(=O)N1CCC2(CCN(C3CCC(O)(c4ccc(-c5ncccn5)cn4)CC3)C2)C1.O=Cc1cccc(C(F)(F)F)c1. The number of nitrogens with one attached hydrogen (secondary N) is 1. The zero-order valence-electron chi connectivity index (χ0n) is 25.3. The van der Waals surface area contributed by atoms with Crippen molar-refractivity contribution in [3.63, 3.8) is 0 Å². The molecule has 2 N–H and O–H groups in total. The molecule has 0 bridgehead atoms. The number of hydrogen-bond donors (Lipinski definition) is 2. The topological polar surface area (TPSA) is 112 Å². The molecule has 2 aliphatic heterocycles. The van der Waals surface area contributed by atoms with Crippen LogP contribution in [0.5, 0.6) is 0 Å². The number of carbonyl (C=O) groups is 2. The highest BCUT2D eigenvalue weighted by atomic mass is 19.4. The largest absolute Gasteiger partial charge is 0.416 e. The van der Waals surface area contributed by atoms with Gasteiger partial charge in [0.25, 0.3) is 0 Å². The molecule has 3 aliphatic rings. The molecule has 1 spiro atoms. The Balaban J connectivity index is 0.000000282. The normalized spacial score (nSPS) is 25.2. The highest BCUT2D eigenvalue weighted by molar-refractivity contribution is 5.78. The van der Waals surface area contributed by atoms with Crippen LogP contribution in [-0.4, -0.2) is 87.9 Å². The van der Waals surface area contributed by atoms with E-state index < -0.39 is 17.3 Å². The van der Waals surface area contributed by atoms with E-state index in [1.807, 2.05) is 24.1 Å². The number of aliphatic hydroxyl groups is 1. The smallest absolute Gasteiger partial charge is 0.384 e. The van der Waals surface area contributed by atoms with E-state index in [0.717, 1.165) is 81.7 Å². The fourth-order valence-corrected chi connectivity index (χ4v) is 6.76. The molecule has 2 saturated heterocycles. The first kappa shape index (κ1) is 32.6. The van der Waals surface area contributed by atoms with Gasteiger partial charge in [-0.2, -0.15) is 13.2 Å². The van der Waals surface area contributed by atoms with Crippen LogP contribution in [-0.2, 0) is 16.6 Å². The number of benzene rings is 1. The fraction of sp³-hybridized carbons (Fsp3) is 0.485. The quantitative estimate of drug-likeness (QED) is 0.390. The van der Waals surface area contributed by atoms with Crippen LogP contribution in [0.3, 0.4) is 0 Å². The van der Waals surface area contributed by atoms with Crippen molar-refractivity contribution in [2.45, 2.75) is 56.3 Å². The van der Waals surface area contributed by atoms with Crippen molar-refractivity contribution >= 4 is 12.2 Å². The summed E-state index contributed by atoms with van der Waals surface area (Å²) in [5.74, 6) is 0.862. The van der Waals surface area contributed by atoms with Crippen molar-refractivity contribution in [1.29, 1.82) is 0 Å². The fourth-order valence-electron chi connectivity index (χ4n) is 6.76. The van der Waals surface area contributed by atoms with Crippen LogP contribution in [0.1, 0.15) is 60.1 Å². The molecule has 1 aliphatic carbocycles. The van der Waals surface area contributed by atoms with Gasteiger partial charge in [-0.3, -0.25) is 19.5 Å². The van der Waals surface area contributed by atoms with E-state index in [2.05, 4.69) is 25.2 Å². The number of aromatic nitrogens is 3. The van der Waals surface area contributed by atoms with E-state index in [1.54, 1.807) is 24.7 Å². The summed E-state index contributed by atoms with van der Waals surface area (Å²) >= 11 is 0. The van der Waals surface area contributed by atoms with Gasteiger partial charge >= 0.3 is 6.18 Å². The first-order chi connectivity index (χ1) is 21.5. The number of aldehydes is 1. The Morgan fingerprint density at radius 3 is 2.40 bits per heavy atom. The molecular weight excluding hydrogens is 585 g/mol. The Bertz CT molecular complexity index is 1450. The van der Waals surface area contributed by atoms with Gasteiger partial charge in [0.2, 0.25) is 5.91 Å². The Labute approximate surface area is 260 Å². The second-order valence-electron chi connectivity index (χ2n) is 12.3. The standard InChI is InChI=1S/C25H34N6O2.C8H5F3O/c1-26-16-22(32)31-14-10-24(18-31)9-13-30(17-24)20-5-7-25(33,8-6-20)21-4-3-19(15-29-21)23-27-11-2-12-28-23;9-8(10,11)7-3-1-2-6(4-7)5-12/h2-4,11-12,15,20,26,33H,5-10,13-14,16-18H2,1H3;1-5H. The second-order valence-corrected chi connectivity index (χ2v) is 12.3. The molecule has 9 nitrogen and oxygen atoms in total. The van der Waals surface area contributed by atoms with Crippen molar-refractivity contribution in [2.75, 3.05) is 39.8 Å². The van der Waals surface area contributed by atoms with Gasteiger partial charge in [-0.1, -0.05) is 12.1 Å². The Hall–Kier alpha value is -3.74. The summed E-state index contributed by atoms with van der Waals surface area (Å²) in [4.78, 5) is 40.2. The number of nitrogens with zero attached hydrogens (tertiary/aromatic N) is 5. The van der Waals surface area contributed by atoms with Crippen molar-refractivity contribution < 1.29 is 27.9 Å². The van der Waals surface area contributed by atoms with E-state index >= 15 is 0 Å². The summed E-state index contributed by atoms with van der Waals surface area (Å²) in [6.45, 7) is 4.37. The summed E-state index contributed by atoms with van der Waals surface area (Å²) in [6, 6.07) is 10.4. The maximum atomic E-state index is 12.3. The first-order valence-electron chi connectivity index (χ1n) is 15.3. The molecule has 2 aromatic heterocycles. The zero-order chi connectivity index (χ0) is 32.1. The minimum absolute atomic E-state index is 0.0322. The predicted octanol–water partition coefficient (Wildman–Crippen LogP) is 4.33. The zero-order valence-corrected chi connectivity index (χ0v) is 25.3. The van der Waals surface area contributed by atoms with Crippen LogP contribution in [0, 0.1) is 5.41 Å². The molecule has 1 unspecified atom stereocenters. The number of hydrogen-bond acceptors (Lipinski definition) is 8. The second kappa shape index (κ2) is 13.7. The van der Waals surface area contributed by atoms with Gasteiger partial charge in [-0.15, -0.1) is 0 Å². The monoisotopic (exact) mass is 624 g/mol. The molecule has 0 radical (unpaired) electrons. The lowest BCUT2D eigenvalue weighted by Gasteiger charge is -2.39. The van der Waals surface area contributed by atoms with Crippen LogP contribution >= 0.6 is 0 Å². The van der Waals surface area contributed by atoms with Crippen LogP contribution in [0.2, 0.25) is 0 Å². The van der Waals surface area contributed by atoms with Gasteiger partial charge < -0.3 is 15.3 Å². The van der Waals surface area contributed by atoms with Gasteiger partial charge in [0.05, 0.1) is 17.8 Å². The molecule has 3 aromatic rings. The number of halogens is 3. The number of likely N-dealkylation sites (tertiary alicyclic amines) is 2. The predicted molar refractivity (Wildman–Crippen MR) is 162 cm³/mol. The van der Waals surface area contributed by atoms with E-state index in [9.17, 15) is 27.9 Å². The van der Waals surface area contributed by atoms with E-state index in [4.69, 9.17) is 0 Å². The van der Waals surface area contributed by atoms with Crippen LogP contribution in [0.4, 0.5) is 13.2 Å². The molecular formula is C33H39F3N6O3. The van der Waals surface area contributed by atoms with Crippen LogP contribution in [0.15, 0.2) is 61.1 Å². The van der Waals surface area contributed by atoms with E-state index in [0.29, 0.717) is 24.7 Å². The van der Waals surface area contributed by atoms with Crippen molar-refractivity contribution in [2.24, 2.45) is 5.41 Å². The third-order valence-electron chi connectivity index (χ3n) is 9.30. The summed E-state index contributed by atoms with van der Waals surface area (Å²) in [5, 5.41) is 14.3. The minimum Gasteiger partial charge on any atom is -0.384 e. The molecule has 6 rings (SSSR count). The summed E-state index contributed by atoms with van der Waals surface area (Å²) < 4.78 is 36.0. The number of likely N-dealkylation sites (N-methyl/N-ethyl adjacent to an activating group) is 1. The van der Waals surface area contributed by atoms with Gasteiger partial charge in [-0.05, 0) is 82.4 Å². The third kappa shape index (κ3) is 7.74. The first-order valence-corrected chi connectivity index (χ1v) is 15.3. The van der Waals surface area contributed by atoms with Crippen molar-refractivity contribution in [3.05, 3.63) is 77.9 Å². The number of alkyl halides is 3. The van der Waals surface area contributed by atoms with Crippen molar-refractivity contribution in [1.82, 2.24) is 30.1 Å². The number of pyridine rings is 1. The summed E-state index contributed by atoms with van der Waals surface area (Å²) in [6.07, 6.45) is 6.88. The molecule has 3 fully saturated rings. The van der Waals surface area contributed by atoms with Crippen LogP contribution in [0.25, 0.3) is 11.4 Å². The molecule has 240 valence electrons. The maximum Gasteiger partial charge on any atom is 0.416 e. The van der Waals surface area contributed by atoms with Gasteiger partial charge in [-0.25, -0.2) is 9.97 Å². The summed E-state index contributed by atoms with van der Waals surface area (Å²) in [5.41, 5.74) is 0.227. The van der Waals surface area contributed by atoms with E-state index in [1.165, 1.54) is 18.6 Å². The number of carbonyl (C=O) groups excluding carboxylic acids is 2. The molecule has 45 heavy (non-hydrogen) atoms. The van der Waals surface area contributed by atoms with Crippen LogP contribution < -0.4 is 5.32 Å².